The number of amides is 1. The van der Waals surface area contributed by atoms with Crippen molar-refractivity contribution < 1.29 is 18.3 Å². The Bertz CT molecular complexity index is 1310. The van der Waals surface area contributed by atoms with Crippen LogP contribution < -0.4 is 10.2 Å². The van der Waals surface area contributed by atoms with Gasteiger partial charge in [0.05, 0.1) is 10.1 Å². The van der Waals surface area contributed by atoms with E-state index in [2.05, 4.69) is 4.98 Å². The van der Waals surface area contributed by atoms with Gasteiger partial charge in [0.25, 0.3) is 11.1 Å². The predicted molar refractivity (Wildman–Crippen MR) is 112 cm³/mol. The first kappa shape index (κ1) is 18.7. The van der Waals surface area contributed by atoms with Crippen molar-refractivity contribution in [3.05, 3.63) is 70.3 Å². The molecule has 0 spiro atoms. The molecule has 2 aromatic carbocycles. The Labute approximate surface area is 174 Å². The summed E-state index contributed by atoms with van der Waals surface area (Å²) in [6.07, 6.45) is 1.12. The lowest BCUT2D eigenvalue weighted by molar-refractivity contribution is 0.0567. The third-order valence-electron chi connectivity index (χ3n) is 5.19. The van der Waals surface area contributed by atoms with E-state index < -0.39 is 0 Å². The molecule has 4 aromatic rings. The quantitative estimate of drug-likeness (QED) is 0.492. The van der Waals surface area contributed by atoms with Gasteiger partial charge in [-0.15, -0.1) is 0 Å². The second kappa shape index (κ2) is 7.53. The number of para-hydroxylation sites is 2. The van der Waals surface area contributed by atoms with Crippen LogP contribution >= 0.6 is 11.3 Å². The SMILES string of the molecule is O=C(c1cc(=O)c2ccccc2o1)N1CCC(Oc2nc3c(F)cccc3s2)CC1. The number of aromatic nitrogens is 1. The Hall–Kier alpha value is -3.26. The molecule has 2 aromatic heterocycles. The molecule has 0 radical (unpaired) electrons. The largest absolute Gasteiger partial charge is 0.467 e. The molecular weight excluding hydrogens is 407 g/mol. The number of piperidine rings is 1. The molecule has 0 atom stereocenters. The van der Waals surface area contributed by atoms with Crippen LogP contribution in [0.5, 0.6) is 5.19 Å². The Morgan fingerprint density at radius 2 is 1.97 bits per heavy atom. The van der Waals surface area contributed by atoms with Gasteiger partial charge < -0.3 is 14.1 Å². The lowest BCUT2D eigenvalue weighted by Crippen LogP contribution is -2.42. The topological polar surface area (TPSA) is 72.6 Å². The number of benzene rings is 2. The molecular formula is C22H17FN2O4S. The van der Waals surface area contributed by atoms with Crippen molar-refractivity contribution in [1.82, 2.24) is 9.88 Å². The lowest BCUT2D eigenvalue weighted by Gasteiger charge is -2.31. The molecule has 1 fully saturated rings. The molecule has 0 aliphatic carbocycles. The van der Waals surface area contributed by atoms with Gasteiger partial charge in [0.2, 0.25) is 0 Å². The van der Waals surface area contributed by atoms with Crippen LogP contribution in [0.3, 0.4) is 0 Å². The first-order valence-corrected chi connectivity index (χ1v) is 10.4. The number of rotatable bonds is 3. The minimum Gasteiger partial charge on any atom is -0.467 e. The third-order valence-corrected chi connectivity index (χ3v) is 6.10. The number of hydrogen-bond acceptors (Lipinski definition) is 6. The molecule has 152 valence electrons. The molecule has 1 amide bonds. The summed E-state index contributed by atoms with van der Waals surface area (Å²) in [5, 5.41) is 0.883. The number of ether oxygens (including phenoxy) is 1. The van der Waals surface area contributed by atoms with Gasteiger partial charge >= 0.3 is 0 Å². The zero-order chi connectivity index (χ0) is 20.7. The monoisotopic (exact) mass is 424 g/mol. The van der Waals surface area contributed by atoms with Gasteiger partial charge in [-0.25, -0.2) is 4.39 Å². The zero-order valence-electron chi connectivity index (χ0n) is 15.8. The zero-order valence-corrected chi connectivity index (χ0v) is 16.7. The average molecular weight is 424 g/mol. The molecule has 6 nitrogen and oxygen atoms in total. The van der Waals surface area contributed by atoms with Crippen LogP contribution in [0.1, 0.15) is 23.4 Å². The van der Waals surface area contributed by atoms with E-state index in [1.165, 1.54) is 23.5 Å². The molecule has 1 saturated heterocycles. The van der Waals surface area contributed by atoms with E-state index in [4.69, 9.17) is 9.15 Å². The third kappa shape index (κ3) is 3.43. The molecule has 30 heavy (non-hydrogen) atoms. The van der Waals surface area contributed by atoms with Crippen molar-refractivity contribution in [1.29, 1.82) is 0 Å². The van der Waals surface area contributed by atoms with Gasteiger partial charge in [0.1, 0.15) is 23.0 Å². The first-order chi connectivity index (χ1) is 14.6. The van der Waals surface area contributed by atoms with Gasteiger partial charge in [0, 0.05) is 32.0 Å². The van der Waals surface area contributed by atoms with Crippen molar-refractivity contribution in [2.75, 3.05) is 13.1 Å². The van der Waals surface area contributed by atoms with E-state index in [1.54, 1.807) is 35.2 Å². The van der Waals surface area contributed by atoms with Crippen molar-refractivity contribution >= 4 is 38.4 Å². The number of thiazole rings is 1. The molecule has 8 heteroatoms. The molecule has 0 unspecified atom stereocenters. The van der Waals surface area contributed by atoms with E-state index >= 15 is 0 Å². The number of carbonyl (C=O) groups excluding carboxylic acids is 1. The molecule has 0 bridgehead atoms. The smallest absolute Gasteiger partial charge is 0.289 e. The fourth-order valence-corrected chi connectivity index (χ4v) is 4.53. The normalized spacial score (nSPS) is 15.0. The van der Waals surface area contributed by atoms with Crippen LogP contribution in [0.2, 0.25) is 0 Å². The minimum absolute atomic E-state index is 0.0414. The molecule has 0 saturated carbocycles. The highest BCUT2D eigenvalue weighted by Gasteiger charge is 2.27. The van der Waals surface area contributed by atoms with Gasteiger partial charge in [-0.3, -0.25) is 9.59 Å². The van der Waals surface area contributed by atoms with Crippen molar-refractivity contribution in [2.45, 2.75) is 18.9 Å². The highest BCUT2D eigenvalue weighted by molar-refractivity contribution is 7.20. The Balaban J connectivity index is 1.27. The summed E-state index contributed by atoms with van der Waals surface area (Å²) < 4.78 is 26.2. The van der Waals surface area contributed by atoms with Crippen LogP contribution in [0.4, 0.5) is 4.39 Å². The number of carbonyl (C=O) groups is 1. The van der Waals surface area contributed by atoms with Crippen molar-refractivity contribution in [3.63, 3.8) is 0 Å². The second-order valence-corrected chi connectivity index (χ2v) is 8.14. The van der Waals surface area contributed by atoms with Gasteiger partial charge in [0.15, 0.2) is 11.2 Å². The number of hydrogen-bond donors (Lipinski definition) is 0. The van der Waals surface area contributed by atoms with E-state index in [0.717, 1.165) is 4.70 Å². The highest BCUT2D eigenvalue weighted by atomic mass is 32.1. The van der Waals surface area contributed by atoms with Crippen LogP contribution in [-0.4, -0.2) is 35.0 Å². The summed E-state index contributed by atoms with van der Waals surface area (Å²) in [5.41, 5.74) is 0.479. The van der Waals surface area contributed by atoms with Gasteiger partial charge in [-0.2, -0.15) is 4.98 Å². The fraction of sp³-hybridized carbons (Fsp3) is 0.227. The van der Waals surface area contributed by atoms with Crippen LogP contribution in [0.15, 0.2) is 57.7 Å². The standard InChI is InChI=1S/C22H17FN2O4S/c23-15-5-3-7-19-20(15)24-22(30-19)28-13-8-10-25(11-9-13)21(27)18-12-16(26)14-4-1-2-6-17(14)29-18/h1-7,12-13H,8-11H2. The van der Waals surface area contributed by atoms with E-state index in [-0.39, 0.29) is 29.0 Å². The van der Waals surface area contributed by atoms with Crippen molar-refractivity contribution in [2.24, 2.45) is 0 Å². The fourth-order valence-electron chi connectivity index (χ4n) is 3.63. The number of halogens is 1. The van der Waals surface area contributed by atoms with Crippen LogP contribution in [0, 0.1) is 5.82 Å². The Morgan fingerprint density at radius 1 is 1.17 bits per heavy atom. The maximum atomic E-state index is 13.8. The summed E-state index contributed by atoms with van der Waals surface area (Å²) in [7, 11) is 0. The van der Waals surface area contributed by atoms with E-state index in [0.29, 0.717) is 47.6 Å². The summed E-state index contributed by atoms with van der Waals surface area (Å²) >= 11 is 1.31. The molecule has 0 N–H and O–H groups in total. The number of nitrogens with zero attached hydrogens (tertiary/aromatic N) is 2. The second-order valence-electron chi connectivity index (χ2n) is 7.15. The maximum absolute atomic E-state index is 13.8. The van der Waals surface area contributed by atoms with Gasteiger partial charge in [-0.1, -0.05) is 29.5 Å². The first-order valence-electron chi connectivity index (χ1n) is 9.62. The molecule has 5 rings (SSSR count). The van der Waals surface area contributed by atoms with Crippen LogP contribution in [-0.2, 0) is 0 Å². The lowest BCUT2D eigenvalue weighted by atomic mass is 10.1. The highest BCUT2D eigenvalue weighted by Crippen LogP contribution is 2.31. The van der Waals surface area contributed by atoms with Crippen LogP contribution in [0.25, 0.3) is 21.2 Å². The predicted octanol–water partition coefficient (Wildman–Crippen LogP) is 4.23. The summed E-state index contributed by atoms with van der Waals surface area (Å²) in [4.78, 5) is 31.0. The van der Waals surface area contributed by atoms with Gasteiger partial charge in [-0.05, 0) is 24.3 Å². The number of likely N-dealkylation sites (tertiary alicyclic amines) is 1. The minimum atomic E-state index is -0.365. The Morgan fingerprint density at radius 3 is 2.77 bits per heavy atom. The summed E-state index contributed by atoms with van der Waals surface area (Å²) in [6.45, 7) is 0.943. The Kier molecular flexibility index (Phi) is 4.71. The van der Waals surface area contributed by atoms with E-state index in [9.17, 15) is 14.0 Å². The summed E-state index contributed by atoms with van der Waals surface area (Å²) in [6, 6.07) is 12.9. The number of fused-ring (bicyclic) bond motifs is 2. The average Bonchev–Trinajstić information content (AvgIpc) is 3.18. The molecule has 3 heterocycles. The maximum Gasteiger partial charge on any atom is 0.289 e. The summed E-state index contributed by atoms with van der Waals surface area (Å²) in [5.74, 6) is -0.631. The molecule has 1 aliphatic rings. The molecule has 1 aliphatic heterocycles. The van der Waals surface area contributed by atoms with E-state index in [1.807, 2.05) is 6.07 Å². The van der Waals surface area contributed by atoms with Crippen molar-refractivity contribution in [3.8, 4) is 5.19 Å².